The van der Waals surface area contributed by atoms with Crippen LogP contribution in [0, 0.1) is 0 Å². The highest BCUT2D eigenvalue weighted by atomic mass is 16.5. The summed E-state index contributed by atoms with van der Waals surface area (Å²) in [7, 11) is 3.58. The molecule has 0 spiro atoms. The van der Waals surface area contributed by atoms with E-state index in [1.807, 2.05) is 7.05 Å². The van der Waals surface area contributed by atoms with Gasteiger partial charge in [0.1, 0.15) is 0 Å². The van der Waals surface area contributed by atoms with Crippen LogP contribution in [-0.4, -0.2) is 39.8 Å². The van der Waals surface area contributed by atoms with Crippen molar-refractivity contribution in [3.8, 4) is 0 Å². The first-order valence-corrected chi connectivity index (χ1v) is 5.21. The Morgan fingerprint density at radius 3 is 2.64 bits per heavy atom. The zero-order chi connectivity index (χ0) is 10.6. The van der Waals surface area contributed by atoms with E-state index < -0.39 is 0 Å². The van der Waals surface area contributed by atoms with Crippen molar-refractivity contribution < 1.29 is 9.53 Å². The topological polar surface area (TPSA) is 50.4 Å². The van der Waals surface area contributed by atoms with Gasteiger partial charge in [0.15, 0.2) is 0 Å². The minimum atomic E-state index is 0.151. The molecular weight excluding hydrogens is 180 g/mol. The van der Waals surface area contributed by atoms with E-state index in [0.29, 0.717) is 6.42 Å². The molecule has 2 N–H and O–H groups in total. The van der Waals surface area contributed by atoms with Gasteiger partial charge in [-0.05, 0) is 32.9 Å². The normalized spacial score (nSPS) is 10.1. The summed E-state index contributed by atoms with van der Waals surface area (Å²) in [4.78, 5) is 11.2. The highest BCUT2D eigenvalue weighted by molar-refractivity contribution is 5.75. The number of methoxy groups -OCH3 is 1. The van der Waals surface area contributed by atoms with Gasteiger partial charge in [-0.2, -0.15) is 0 Å². The molecule has 0 unspecified atom stereocenters. The van der Waals surface area contributed by atoms with E-state index in [1.54, 1.807) is 7.11 Å². The van der Waals surface area contributed by atoms with Crippen molar-refractivity contribution in [1.82, 2.24) is 10.6 Å². The highest BCUT2D eigenvalue weighted by Crippen LogP contribution is 1.89. The van der Waals surface area contributed by atoms with Crippen LogP contribution in [0.25, 0.3) is 0 Å². The van der Waals surface area contributed by atoms with Crippen LogP contribution in [0.5, 0.6) is 0 Å². The summed E-state index contributed by atoms with van der Waals surface area (Å²) >= 11 is 0. The van der Waals surface area contributed by atoms with Gasteiger partial charge >= 0.3 is 0 Å². The summed E-state index contributed by atoms with van der Waals surface area (Å²) in [6, 6.07) is 0. The molecule has 0 saturated carbocycles. The Morgan fingerprint density at radius 2 is 2.00 bits per heavy atom. The van der Waals surface area contributed by atoms with Crippen LogP contribution < -0.4 is 10.6 Å². The number of nitrogens with one attached hydrogen (secondary N) is 2. The second kappa shape index (κ2) is 10.5. The third-order valence-corrected chi connectivity index (χ3v) is 1.93. The second-order valence-electron chi connectivity index (χ2n) is 3.26. The van der Waals surface area contributed by atoms with Crippen LogP contribution in [0.2, 0.25) is 0 Å². The van der Waals surface area contributed by atoms with Crippen LogP contribution in [0.4, 0.5) is 0 Å². The number of hydrogen-bond acceptors (Lipinski definition) is 3. The number of carbonyl (C=O) groups excluding carboxylic acids is 1. The molecule has 4 nitrogen and oxygen atoms in total. The molecule has 0 bridgehead atoms. The third kappa shape index (κ3) is 9.48. The minimum absolute atomic E-state index is 0.151. The maximum atomic E-state index is 11.2. The maximum Gasteiger partial charge on any atom is 0.220 e. The lowest BCUT2D eigenvalue weighted by atomic mass is 10.2. The van der Waals surface area contributed by atoms with Crippen molar-refractivity contribution >= 4 is 5.91 Å². The molecule has 0 atom stereocenters. The monoisotopic (exact) mass is 202 g/mol. The summed E-state index contributed by atoms with van der Waals surface area (Å²) in [6.45, 7) is 2.44. The lowest BCUT2D eigenvalue weighted by Gasteiger charge is -2.04. The third-order valence-electron chi connectivity index (χ3n) is 1.93. The van der Waals surface area contributed by atoms with Gasteiger partial charge in [-0.1, -0.05) is 0 Å². The molecule has 0 aromatic rings. The van der Waals surface area contributed by atoms with E-state index in [-0.39, 0.29) is 5.91 Å². The Kier molecular flexibility index (Phi) is 10.0. The smallest absolute Gasteiger partial charge is 0.220 e. The standard InChI is InChI=1S/C10H22N2O2/c1-11-7-5-6-10(13)12-8-3-4-9-14-2/h11H,3-9H2,1-2H3,(H,12,13). The molecule has 0 aliphatic carbocycles. The van der Waals surface area contributed by atoms with Gasteiger partial charge in [0, 0.05) is 26.7 Å². The van der Waals surface area contributed by atoms with E-state index in [9.17, 15) is 4.79 Å². The fourth-order valence-electron chi connectivity index (χ4n) is 1.11. The van der Waals surface area contributed by atoms with Gasteiger partial charge in [0.2, 0.25) is 5.91 Å². The molecule has 0 aromatic heterocycles. The second-order valence-corrected chi connectivity index (χ2v) is 3.26. The van der Waals surface area contributed by atoms with Crippen molar-refractivity contribution in [3.05, 3.63) is 0 Å². The fourth-order valence-corrected chi connectivity index (χ4v) is 1.11. The van der Waals surface area contributed by atoms with E-state index in [2.05, 4.69) is 10.6 Å². The number of ether oxygens (including phenoxy) is 1. The Hall–Kier alpha value is -0.610. The summed E-state index contributed by atoms with van der Waals surface area (Å²) in [5, 5.41) is 5.89. The molecule has 0 aromatic carbocycles. The first-order chi connectivity index (χ1) is 6.81. The zero-order valence-electron chi connectivity index (χ0n) is 9.27. The van der Waals surface area contributed by atoms with Gasteiger partial charge in [-0.3, -0.25) is 4.79 Å². The molecule has 84 valence electrons. The summed E-state index contributed by atoms with van der Waals surface area (Å²) in [6.07, 6.45) is 3.52. The number of hydrogen-bond donors (Lipinski definition) is 2. The van der Waals surface area contributed by atoms with Gasteiger partial charge in [-0.15, -0.1) is 0 Å². The van der Waals surface area contributed by atoms with Gasteiger partial charge in [-0.25, -0.2) is 0 Å². The van der Waals surface area contributed by atoms with Crippen LogP contribution >= 0.6 is 0 Å². The molecule has 1 amide bonds. The largest absolute Gasteiger partial charge is 0.385 e. The Bertz CT molecular complexity index is 140. The van der Waals surface area contributed by atoms with Crippen molar-refractivity contribution in [2.24, 2.45) is 0 Å². The molecule has 0 saturated heterocycles. The van der Waals surface area contributed by atoms with Crippen LogP contribution in [0.3, 0.4) is 0 Å². The molecule has 0 aliphatic rings. The van der Waals surface area contributed by atoms with E-state index in [4.69, 9.17) is 4.74 Å². The van der Waals surface area contributed by atoms with E-state index >= 15 is 0 Å². The summed E-state index contributed by atoms with van der Waals surface area (Å²) < 4.78 is 4.91. The van der Waals surface area contributed by atoms with Crippen LogP contribution in [0.15, 0.2) is 0 Å². The number of carbonyl (C=O) groups is 1. The Balaban J connectivity index is 3.10. The number of amides is 1. The van der Waals surface area contributed by atoms with E-state index in [0.717, 1.165) is 39.0 Å². The van der Waals surface area contributed by atoms with Crippen molar-refractivity contribution in [2.45, 2.75) is 25.7 Å². The lowest BCUT2D eigenvalue weighted by Crippen LogP contribution is -2.25. The molecule has 0 radical (unpaired) electrons. The molecule has 4 heteroatoms. The Labute approximate surface area is 86.4 Å². The van der Waals surface area contributed by atoms with Gasteiger partial charge in [0.25, 0.3) is 0 Å². The van der Waals surface area contributed by atoms with Crippen LogP contribution in [0.1, 0.15) is 25.7 Å². The Morgan fingerprint density at radius 1 is 1.21 bits per heavy atom. The van der Waals surface area contributed by atoms with Crippen molar-refractivity contribution in [2.75, 3.05) is 33.9 Å². The van der Waals surface area contributed by atoms with Gasteiger partial charge < -0.3 is 15.4 Å². The van der Waals surface area contributed by atoms with Crippen LogP contribution in [-0.2, 0) is 9.53 Å². The molecule has 0 rings (SSSR count). The molecule has 0 fully saturated rings. The average molecular weight is 202 g/mol. The average Bonchev–Trinajstić information content (AvgIpc) is 2.18. The number of unbranched alkanes of at least 4 members (excludes halogenated alkanes) is 1. The summed E-state index contributed by atoms with van der Waals surface area (Å²) in [5.74, 6) is 0.151. The first-order valence-electron chi connectivity index (χ1n) is 5.21. The SMILES string of the molecule is CNCCCC(=O)NCCCCOC. The minimum Gasteiger partial charge on any atom is -0.385 e. The fraction of sp³-hybridized carbons (Fsp3) is 0.900. The molecule has 0 aliphatic heterocycles. The summed E-state index contributed by atoms with van der Waals surface area (Å²) in [5.41, 5.74) is 0. The predicted molar refractivity (Wildman–Crippen MR) is 57.3 cm³/mol. The quantitative estimate of drug-likeness (QED) is 0.536. The highest BCUT2D eigenvalue weighted by Gasteiger charge is 1.98. The number of rotatable bonds is 9. The molecular formula is C10H22N2O2. The zero-order valence-corrected chi connectivity index (χ0v) is 9.27. The van der Waals surface area contributed by atoms with E-state index in [1.165, 1.54) is 0 Å². The first kappa shape index (κ1) is 13.4. The van der Waals surface area contributed by atoms with Crippen molar-refractivity contribution in [3.63, 3.8) is 0 Å². The predicted octanol–water partition coefficient (Wildman–Crippen LogP) is 0.529. The maximum absolute atomic E-state index is 11.2. The van der Waals surface area contributed by atoms with Crippen molar-refractivity contribution in [1.29, 1.82) is 0 Å². The molecule has 14 heavy (non-hydrogen) atoms. The lowest BCUT2D eigenvalue weighted by molar-refractivity contribution is -0.121. The molecule has 0 heterocycles. The van der Waals surface area contributed by atoms with Gasteiger partial charge in [0.05, 0.1) is 0 Å².